The number of aromatic nitrogens is 2. The van der Waals surface area contributed by atoms with Gasteiger partial charge in [-0.05, 0) is 62.4 Å². The lowest BCUT2D eigenvalue weighted by Crippen LogP contribution is -2.62. The molecule has 2 aliphatic rings. The van der Waals surface area contributed by atoms with E-state index in [1.807, 2.05) is 37.3 Å². The zero-order valence-corrected chi connectivity index (χ0v) is 20.2. The molecule has 1 saturated heterocycles. The highest BCUT2D eigenvalue weighted by Gasteiger charge is 2.46. The van der Waals surface area contributed by atoms with Crippen LogP contribution in [0.15, 0.2) is 48.8 Å². The highest BCUT2D eigenvalue weighted by atomic mass is 16.5. The van der Waals surface area contributed by atoms with Crippen molar-refractivity contribution >= 4 is 22.8 Å². The third kappa shape index (κ3) is 4.75. The maximum Gasteiger partial charge on any atom is 0.256 e. The van der Waals surface area contributed by atoms with Gasteiger partial charge in [-0.15, -0.1) is 0 Å². The number of nitrogens with zero attached hydrogens (tertiary/aromatic N) is 3. The number of likely N-dealkylation sites (N-methyl/N-ethyl adjacent to an activating group) is 1. The molecule has 1 atom stereocenters. The van der Waals surface area contributed by atoms with E-state index < -0.39 is 5.60 Å². The number of imidazole rings is 1. The van der Waals surface area contributed by atoms with Gasteiger partial charge in [0.05, 0.1) is 37.1 Å². The number of benzene rings is 2. The molecule has 0 aliphatic carbocycles. The predicted octanol–water partition coefficient (Wildman–Crippen LogP) is 3.43. The van der Waals surface area contributed by atoms with Crippen molar-refractivity contribution in [2.24, 2.45) is 0 Å². The molecule has 2 aromatic carbocycles. The summed E-state index contributed by atoms with van der Waals surface area (Å²) >= 11 is 0. The van der Waals surface area contributed by atoms with E-state index in [-0.39, 0.29) is 18.4 Å². The molecule has 1 spiro atoms. The fourth-order valence-electron chi connectivity index (χ4n) is 5.13. The molecule has 0 radical (unpaired) electrons. The molecular weight excluding hydrogens is 444 g/mol. The second kappa shape index (κ2) is 10.1. The second-order valence-corrected chi connectivity index (χ2v) is 9.25. The molecule has 3 heterocycles. The first-order valence-corrected chi connectivity index (χ1v) is 12.5. The summed E-state index contributed by atoms with van der Waals surface area (Å²) < 4.78 is 12.3. The minimum Gasteiger partial charge on any atom is -0.491 e. The molecule has 8 nitrogen and oxygen atoms in total. The van der Waals surface area contributed by atoms with Gasteiger partial charge in [-0.3, -0.25) is 9.59 Å². The van der Waals surface area contributed by atoms with Crippen LogP contribution in [0.4, 0.5) is 0 Å². The first-order chi connectivity index (χ1) is 17.1. The lowest BCUT2D eigenvalue weighted by molar-refractivity contribution is -0.170. The van der Waals surface area contributed by atoms with Crippen molar-refractivity contribution in [1.29, 1.82) is 0 Å². The topological polar surface area (TPSA) is 87.8 Å². The van der Waals surface area contributed by atoms with Crippen molar-refractivity contribution in [3.05, 3.63) is 59.9 Å². The first-order valence-electron chi connectivity index (χ1n) is 12.5. The number of amides is 2. The number of aryl methyl sites for hydroxylation is 1. The van der Waals surface area contributed by atoms with Gasteiger partial charge in [-0.25, -0.2) is 4.98 Å². The zero-order chi connectivity index (χ0) is 24.3. The van der Waals surface area contributed by atoms with Crippen LogP contribution in [-0.4, -0.2) is 76.6 Å². The number of nitrogens with one attached hydrogen (secondary N) is 1. The third-order valence-corrected chi connectivity index (χ3v) is 7.07. The first kappa shape index (κ1) is 23.4. The van der Waals surface area contributed by atoms with Crippen LogP contribution in [0.25, 0.3) is 11.0 Å². The van der Waals surface area contributed by atoms with Gasteiger partial charge in [-0.1, -0.05) is 18.2 Å². The zero-order valence-electron chi connectivity index (χ0n) is 20.2. The molecule has 1 unspecified atom stereocenters. The van der Waals surface area contributed by atoms with Crippen molar-refractivity contribution in [2.45, 2.75) is 38.2 Å². The summed E-state index contributed by atoms with van der Waals surface area (Å²) in [6, 6.07) is 13.6. The molecule has 5 rings (SSSR count). The number of rotatable bonds is 2. The maximum absolute atomic E-state index is 13.9. The molecule has 2 amide bonds. The summed E-state index contributed by atoms with van der Waals surface area (Å²) in [6.07, 6.45) is 4.81. The second-order valence-electron chi connectivity index (χ2n) is 9.25. The van der Waals surface area contributed by atoms with E-state index in [2.05, 4.69) is 16.0 Å². The number of hydrogen-bond donors (Lipinski definition) is 1. The van der Waals surface area contributed by atoms with Gasteiger partial charge < -0.3 is 24.3 Å². The number of para-hydroxylation sites is 1. The molecule has 3 aromatic rings. The lowest BCUT2D eigenvalue weighted by Gasteiger charge is -2.44. The Kier molecular flexibility index (Phi) is 6.72. The Morgan fingerprint density at radius 3 is 2.91 bits per heavy atom. The van der Waals surface area contributed by atoms with Gasteiger partial charge >= 0.3 is 0 Å². The Labute approximate surface area is 205 Å². The van der Waals surface area contributed by atoms with Crippen LogP contribution < -0.4 is 4.74 Å². The van der Waals surface area contributed by atoms with Crippen molar-refractivity contribution in [2.75, 3.05) is 39.4 Å². The predicted molar refractivity (Wildman–Crippen MR) is 132 cm³/mol. The number of hydrogen-bond acceptors (Lipinski definition) is 5. The molecule has 1 N–H and O–H groups in total. The highest BCUT2D eigenvalue weighted by Crippen LogP contribution is 2.30. The summed E-state index contributed by atoms with van der Waals surface area (Å²) in [4.78, 5) is 38.2. The number of fused-ring (bicyclic) bond motifs is 2. The van der Waals surface area contributed by atoms with E-state index in [1.165, 1.54) is 5.56 Å². The van der Waals surface area contributed by atoms with Crippen molar-refractivity contribution in [3.63, 3.8) is 0 Å². The Bertz CT molecular complexity index is 1210. The lowest BCUT2D eigenvalue weighted by atomic mass is 9.90. The Morgan fingerprint density at radius 1 is 1.14 bits per heavy atom. The SMILES string of the molecule is CCN1CCOc2ccccc2CCCCC2(CN(C(=O)c3ccc4nc[nH]c4c3)CCO2)C1=O. The van der Waals surface area contributed by atoms with Gasteiger partial charge in [0.15, 0.2) is 5.60 Å². The number of morpholine rings is 1. The average Bonchev–Trinajstić information content (AvgIpc) is 3.37. The molecule has 2 aliphatic heterocycles. The normalized spacial score (nSPS) is 21.8. The van der Waals surface area contributed by atoms with Crippen LogP contribution in [0.3, 0.4) is 0 Å². The molecule has 1 fully saturated rings. The minimum atomic E-state index is -1.04. The van der Waals surface area contributed by atoms with E-state index in [1.54, 1.807) is 22.2 Å². The van der Waals surface area contributed by atoms with Crippen LogP contribution in [-0.2, 0) is 16.0 Å². The van der Waals surface area contributed by atoms with Crippen LogP contribution in [0, 0.1) is 0 Å². The fourth-order valence-corrected chi connectivity index (χ4v) is 5.13. The molecule has 1 aromatic heterocycles. The number of H-pyrrole nitrogens is 1. The van der Waals surface area contributed by atoms with Crippen LogP contribution in [0.1, 0.15) is 42.1 Å². The van der Waals surface area contributed by atoms with E-state index >= 15 is 0 Å². The van der Waals surface area contributed by atoms with E-state index in [9.17, 15) is 9.59 Å². The molecular formula is C27H32N4O4. The van der Waals surface area contributed by atoms with Crippen molar-refractivity contribution in [1.82, 2.24) is 19.8 Å². The van der Waals surface area contributed by atoms with Gasteiger partial charge in [0, 0.05) is 18.7 Å². The van der Waals surface area contributed by atoms with Crippen LogP contribution in [0.2, 0.25) is 0 Å². The van der Waals surface area contributed by atoms with E-state index in [0.717, 1.165) is 36.0 Å². The van der Waals surface area contributed by atoms with Gasteiger partial charge in [0.25, 0.3) is 11.8 Å². The van der Waals surface area contributed by atoms with Gasteiger partial charge in [0.1, 0.15) is 12.4 Å². The van der Waals surface area contributed by atoms with E-state index in [0.29, 0.717) is 44.8 Å². The minimum absolute atomic E-state index is 0.0565. The Balaban J connectivity index is 1.38. The summed E-state index contributed by atoms with van der Waals surface area (Å²) in [5, 5.41) is 0. The molecule has 0 bridgehead atoms. The fraction of sp³-hybridized carbons (Fsp3) is 0.444. The van der Waals surface area contributed by atoms with Crippen LogP contribution >= 0.6 is 0 Å². The summed E-state index contributed by atoms with van der Waals surface area (Å²) in [5.41, 5.74) is 2.36. The quantitative estimate of drug-likeness (QED) is 0.612. The van der Waals surface area contributed by atoms with Crippen molar-refractivity contribution < 1.29 is 19.1 Å². The largest absolute Gasteiger partial charge is 0.491 e. The molecule has 35 heavy (non-hydrogen) atoms. The summed E-state index contributed by atoms with van der Waals surface area (Å²) in [5.74, 6) is 0.744. The van der Waals surface area contributed by atoms with Crippen molar-refractivity contribution in [3.8, 4) is 5.75 Å². The Hall–Kier alpha value is -3.39. The average molecular weight is 477 g/mol. The third-order valence-electron chi connectivity index (χ3n) is 7.07. The Morgan fingerprint density at radius 2 is 2.03 bits per heavy atom. The molecule has 8 heteroatoms. The number of aromatic amines is 1. The molecule has 184 valence electrons. The summed E-state index contributed by atoms with van der Waals surface area (Å²) in [7, 11) is 0. The highest BCUT2D eigenvalue weighted by molar-refractivity contribution is 5.98. The van der Waals surface area contributed by atoms with Gasteiger partial charge in [0.2, 0.25) is 0 Å². The maximum atomic E-state index is 13.9. The van der Waals surface area contributed by atoms with E-state index in [4.69, 9.17) is 9.47 Å². The smallest absolute Gasteiger partial charge is 0.256 e. The van der Waals surface area contributed by atoms with Gasteiger partial charge in [-0.2, -0.15) is 0 Å². The standard InChI is InChI=1S/C27H32N4O4/c1-2-30-13-15-34-24-9-4-3-7-20(24)8-5-6-12-27(26(30)33)18-31(14-16-35-27)25(32)21-10-11-22-23(17-21)29-19-28-22/h3-4,7,9-11,17,19H,2,5-6,8,12-16,18H2,1H3,(H,28,29). The molecule has 0 saturated carbocycles. The number of ether oxygens (including phenoxy) is 2. The monoisotopic (exact) mass is 476 g/mol. The summed E-state index contributed by atoms with van der Waals surface area (Å²) in [6.45, 7) is 4.45. The number of carbonyl (C=O) groups excluding carboxylic acids is 2. The number of carbonyl (C=O) groups is 2. The van der Waals surface area contributed by atoms with Crippen LogP contribution in [0.5, 0.6) is 5.75 Å².